The summed E-state index contributed by atoms with van der Waals surface area (Å²) in [4.78, 5) is 13.8. The van der Waals surface area contributed by atoms with E-state index in [1.165, 1.54) is 0 Å². The average Bonchev–Trinajstić information content (AvgIpc) is 2.76. The van der Waals surface area contributed by atoms with Crippen molar-refractivity contribution in [2.24, 2.45) is 0 Å². The topological polar surface area (TPSA) is 71.2 Å². The standard InChI is InChI=1S/C13H16N4O2/c1-3-17-11-5-4-9(6-10(11)14-15-17)12(18)16-7-13(2,19)8-16/h4-6,19H,3,7-8H2,1-2H3. The van der Waals surface area contributed by atoms with Crippen LogP contribution in [0.5, 0.6) is 0 Å². The van der Waals surface area contributed by atoms with Gasteiger partial charge in [-0.05, 0) is 32.0 Å². The van der Waals surface area contributed by atoms with Crippen LogP contribution in [0.2, 0.25) is 0 Å². The molecular weight excluding hydrogens is 244 g/mol. The van der Waals surface area contributed by atoms with Gasteiger partial charge in [0.2, 0.25) is 0 Å². The molecular formula is C13H16N4O2. The molecule has 0 radical (unpaired) electrons. The first-order chi connectivity index (χ1) is 9.00. The number of likely N-dealkylation sites (tertiary alicyclic amines) is 1. The second-order valence-electron chi connectivity index (χ2n) is 5.27. The van der Waals surface area contributed by atoms with E-state index in [9.17, 15) is 9.90 Å². The minimum Gasteiger partial charge on any atom is -0.386 e. The van der Waals surface area contributed by atoms with Gasteiger partial charge in [-0.2, -0.15) is 0 Å². The molecule has 0 spiro atoms. The van der Waals surface area contributed by atoms with Gasteiger partial charge in [0.05, 0.1) is 24.2 Å². The van der Waals surface area contributed by atoms with Crippen molar-refractivity contribution in [3.8, 4) is 0 Å². The predicted octanol–water partition coefficient (Wildman–Crippen LogP) is 0.658. The number of aromatic nitrogens is 3. The molecule has 0 atom stereocenters. The molecule has 3 rings (SSSR count). The average molecular weight is 260 g/mol. The lowest BCUT2D eigenvalue weighted by Gasteiger charge is -2.44. The SMILES string of the molecule is CCn1nnc2cc(C(=O)N3CC(C)(O)C3)ccc21. The van der Waals surface area contributed by atoms with Crippen LogP contribution >= 0.6 is 0 Å². The summed E-state index contributed by atoms with van der Waals surface area (Å²) >= 11 is 0. The Bertz CT molecular complexity index is 639. The maximum atomic E-state index is 12.2. The number of amides is 1. The van der Waals surface area contributed by atoms with Crippen molar-refractivity contribution in [2.45, 2.75) is 26.0 Å². The van der Waals surface area contributed by atoms with E-state index < -0.39 is 5.60 Å². The Balaban J connectivity index is 1.87. The molecule has 0 aliphatic carbocycles. The van der Waals surface area contributed by atoms with Crippen LogP contribution in [-0.2, 0) is 6.54 Å². The summed E-state index contributed by atoms with van der Waals surface area (Å²) in [5.74, 6) is -0.0699. The minimum absolute atomic E-state index is 0.0699. The van der Waals surface area contributed by atoms with Crippen molar-refractivity contribution >= 4 is 16.9 Å². The fraction of sp³-hybridized carbons (Fsp3) is 0.462. The molecule has 1 N–H and O–H groups in total. The fourth-order valence-corrected chi connectivity index (χ4v) is 2.44. The lowest BCUT2D eigenvalue weighted by Crippen LogP contribution is -2.61. The van der Waals surface area contributed by atoms with Crippen molar-refractivity contribution in [1.29, 1.82) is 0 Å². The van der Waals surface area contributed by atoms with Crippen LogP contribution < -0.4 is 0 Å². The van der Waals surface area contributed by atoms with E-state index in [2.05, 4.69) is 10.3 Å². The highest BCUT2D eigenvalue weighted by molar-refractivity contribution is 5.97. The molecule has 6 nitrogen and oxygen atoms in total. The molecule has 1 fully saturated rings. The second-order valence-corrected chi connectivity index (χ2v) is 5.27. The normalized spacial score (nSPS) is 17.5. The summed E-state index contributed by atoms with van der Waals surface area (Å²) in [5, 5.41) is 17.7. The molecule has 1 aliphatic rings. The second kappa shape index (κ2) is 4.03. The molecule has 2 heterocycles. The first-order valence-electron chi connectivity index (χ1n) is 6.35. The molecule has 1 aromatic carbocycles. The van der Waals surface area contributed by atoms with E-state index in [-0.39, 0.29) is 5.91 Å². The van der Waals surface area contributed by atoms with Gasteiger partial charge >= 0.3 is 0 Å². The van der Waals surface area contributed by atoms with Crippen molar-refractivity contribution in [3.63, 3.8) is 0 Å². The van der Waals surface area contributed by atoms with Gasteiger partial charge in [-0.1, -0.05) is 5.21 Å². The van der Waals surface area contributed by atoms with Crippen molar-refractivity contribution in [2.75, 3.05) is 13.1 Å². The number of carbonyl (C=O) groups excluding carboxylic acids is 1. The highest BCUT2D eigenvalue weighted by atomic mass is 16.3. The molecule has 1 aliphatic heterocycles. The molecule has 0 saturated carbocycles. The first kappa shape index (κ1) is 12.1. The zero-order chi connectivity index (χ0) is 13.6. The van der Waals surface area contributed by atoms with E-state index in [1.54, 1.807) is 28.6 Å². The van der Waals surface area contributed by atoms with Crippen LogP contribution in [0.3, 0.4) is 0 Å². The Morgan fingerprint density at radius 3 is 2.84 bits per heavy atom. The number of β-amino-alcohol motifs (C(OH)–C–C–N with tert-alkyl or cyclic N) is 1. The lowest BCUT2D eigenvalue weighted by atomic mass is 9.96. The Kier molecular flexibility index (Phi) is 2.56. The summed E-state index contributed by atoms with van der Waals surface area (Å²) < 4.78 is 1.79. The molecule has 1 amide bonds. The third-order valence-corrected chi connectivity index (χ3v) is 3.41. The number of nitrogens with zero attached hydrogens (tertiary/aromatic N) is 4. The number of rotatable bonds is 2. The van der Waals surface area contributed by atoms with Gasteiger partial charge in [0.15, 0.2) is 0 Å². The lowest BCUT2D eigenvalue weighted by molar-refractivity contribution is -0.0668. The molecule has 100 valence electrons. The fourth-order valence-electron chi connectivity index (χ4n) is 2.44. The largest absolute Gasteiger partial charge is 0.386 e. The molecule has 1 aromatic heterocycles. The summed E-state index contributed by atoms with van der Waals surface area (Å²) in [6.07, 6.45) is 0. The summed E-state index contributed by atoms with van der Waals surface area (Å²) in [6.45, 7) is 5.23. The first-order valence-corrected chi connectivity index (χ1v) is 6.35. The highest BCUT2D eigenvalue weighted by Crippen LogP contribution is 2.23. The van der Waals surface area contributed by atoms with Gasteiger partial charge in [0, 0.05) is 12.1 Å². The van der Waals surface area contributed by atoms with Gasteiger partial charge in [-0.15, -0.1) is 5.10 Å². The smallest absolute Gasteiger partial charge is 0.254 e. The minimum atomic E-state index is -0.745. The molecule has 6 heteroatoms. The molecule has 0 unspecified atom stereocenters. The third kappa shape index (κ3) is 1.98. The monoisotopic (exact) mass is 260 g/mol. The van der Waals surface area contributed by atoms with Crippen molar-refractivity contribution < 1.29 is 9.90 Å². The molecule has 2 aromatic rings. The molecule has 19 heavy (non-hydrogen) atoms. The number of carbonyl (C=O) groups is 1. The maximum Gasteiger partial charge on any atom is 0.254 e. The van der Waals surface area contributed by atoms with Gasteiger partial charge in [-0.25, -0.2) is 4.68 Å². The zero-order valence-corrected chi connectivity index (χ0v) is 11.0. The molecule has 0 bridgehead atoms. The van der Waals surface area contributed by atoms with Crippen LogP contribution in [0.4, 0.5) is 0 Å². The Labute approximate surface area is 110 Å². The van der Waals surface area contributed by atoms with Gasteiger partial charge in [0.25, 0.3) is 5.91 Å². The van der Waals surface area contributed by atoms with Crippen LogP contribution in [0, 0.1) is 0 Å². The number of hydrogen-bond donors (Lipinski definition) is 1. The number of aliphatic hydroxyl groups is 1. The van der Waals surface area contributed by atoms with Crippen LogP contribution in [-0.4, -0.2) is 49.6 Å². The highest BCUT2D eigenvalue weighted by Gasteiger charge is 2.39. The maximum absolute atomic E-state index is 12.2. The van der Waals surface area contributed by atoms with Crippen LogP contribution in [0.25, 0.3) is 11.0 Å². The zero-order valence-electron chi connectivity index (χ0n) is 11.0. The van der Waals surface area contributed by atoms with E-state index >= 15 is 0 Å². The molecule has 1 saturated heterocycles. The van der Waals surface area contributed by atoms with Crippen molar-refractivity contribution in [3.05, 3.63) is 23.8 Å². The van der Waals surface area contributed by atoms with E-state index in [4.69, 9.17) is 0 Å². The summed E-state index contributed by atoms with van der Waals surface area (Å²) in [7, 11) is 0. The van der Waals surface area contributed by atoms with Crippen LogP contribution in [0.15, 0.2) is 18.2 Å². The van der Waals surface area contributed by atoms with E-state index in [0.717, 1.165) is 17.6 Å². The number of aryl methyl sites for hydroxylation is 1. The third-order valence-electron chi connectivity index (χ3n) is 3.41. The van der Waals surface area contributed by atoms with Crippen molar-refractivity contribution in [1.82, 2.24) is 19.9 Å². The quantitative estimate of drug-likeness (QED) is 0.861. The Morgan fingerprint density at radius 2 is 2.21 bits per heavy atom. The van der Waals surface area contributed by atoms with Crippen LogP contribution in [0.1, 0.15) is 24.2 Å². The number of hydrogen-bond acceptors (Lipinski definition) is 4. The Morgan fingerprint density at radius 1 is 1.47 bits per heavy atom. The summed E-state index contributed by atoms with van der Waals surface area (Å²) in [5.41, 5.74) is 1.49. The van der Waals surface area contributed by atoms with E-state index in [1.807, 2.05) is 13.0 Å². The Hall–Kier alpha value is -1.95. The number of fused-ring (bicyclic) bond motifs is 1. The van der Waals surface area contributed by atoms with Gasteiger partial charge in [-0.3, -0.25) is 4.79 Å². The van der Waals surface area contributed by atoms with E-state index in [0.29, 0.717) is 18.7 Å². The van der Waals surface area contributed by atoms with Gasteiger partial charge < -0.3 is 10.0 Å². The van der Waals surface area contributed by atoms with Gasteiger partial charge in [0.1, 0.15) is 5.52 Å². The summed E-state index contributed by atoms with van der Waals surface area (Å²) in [6, 6.07) is 5.40. The predicted molar refractivity (Wildman–Crippen MR) is 69.7 cm³/mol. The number of benzene rings is 1.